The molecule has 0 atom stereocenters. The monoisotopic (exact) mass is 450 g/mol. The van der Waals surface area contributed by atoms with E-state index in [1.165, 1.54) is 39.2 Å². The summed E-state index contributed by atoms with van der Waals surface area (Å²) in [6, 6.07) is 5.29. The average Bonchev–Trinajstić information content (AvgIpc) is 3.27. The van der Waals surface area contributed by atoms with Gasteiger partial charge >= 0.3 is 0 Å². The molecule has 0 saturated heterocycles. The molecule has 0 aliphatic heterocycles. The molecular formula is C19H13Cl3N4OS. The Balaban J connectivity index is 1.77. The third kappa shape index (κ3) is 3.19. The van der Waals surface area contributed by atoms with Crippen molar-refractivity contribution in [2.45, 2.75) is 26.2 Å². The molecule has 0 saturated carbocycles. The maximum atomic E-state index is 12.9. The lowest BCUT2D eigenvalue weighted by atomic mass is 10.1. The quantitative estimate of drug-likeness (QED) is 0.526. The van der Waals surface area contributed by atoms with E-state index in [1.807, 2.05) is 0 Å². The van der Waals surface area contributed by atoms with Crippen LogP contribution < -0.4 is 5.56 Å². The van der Waals surface area contributed by atoms with Gasteiger partial charge in [0.2, 0.25) is 0 Å². The van der Waals surface area contributed by atoms with Gasteiger partial charge in [0.05, 0.1) is 21.2 Å². The number of hydrogen-bond donors (Lipinski definition) is 1. The molecule has 142 valence electrons. The molecule has 9 heteroatoms. The summed E-state index contributed by atoms with van der Waals surface area (Å²) in [6.07, 6.45) is 4.45. The number of aromatic nitrogens is 2. The lowest BCUT2D eigenvalue weighted by molar-refractivity contribution is 0.835. The second kappa shape index (κ2) is 7.41. The van der Waals surface area contributed by atoms with Crippen LogP contribution in [0, 0.1) is 18.3 Å². The number of nitriles is 1. The van der Waals surface area contributed by atoms with Crippen LogP contribution in [0.4, 0.5) is 5.00 Å². The zero-order chi connectivity index (χ0) is 20.0. The fraction of sp³-hybridized carbons (Fsp3) is 0.211. The number of nitrogens with zero attached hydrogens (tertiary/aromatic N) is 3. The SMILES string of the molecule is Cc1[nH]n(-c2c(Cl)cc(Cl)cc2Cl)c(=O)c1/C=N/c1sc2c(c1C#N)CCC2. The highest BCUT2D eigenvalue weighted by atomic mass is 35.5. The fourth-order valence-electron chi connectivity index (χ4n) is 3.34. The van der Waals surface area contributed by atoms with Crippen LogP contribution in [-0.4, -0.2) is 16.0 Å². The minimum Gasteiger partial charge on any atom is -0.295 e. The molecule has 2 heterocycles. The number of nitrogens with one attached hydrogen (secondary N) is 1. The predicted molar refractivity (Wildman–Crippen MR) is 114 cm³/mol. The molecule has 28 heavy (non-hydrogen) atoms. The Morgan fingerprint density at radius 3 is 2.68 bits per heavy atom. The topological polar surface area (TPSA) is 73.9 Å². The van der Waals surface area contributed by atoms with Crippen molar-refractivity contribution in [2.75, 3.05) is 0 Å². The number of halogens is 3. The average molecular weight is 452 g/mol. The molecule has 2 aromatic heterocycles. The highest BCUT2D eigenvalue weighted by Crippen LogP contribution is 2.40. The number of hydrogen-bond acceptors (Lipinski definition) is 4. The Labute approximate surface area is 179 Å². The molecule has 1 aliphatic carbocycles. The number of H-pyrrole nitrogens is 1. The van der Waals surface area contributed by atoms with E-state index >= 15 is 0 Å². The van der Waals surface area contributed by atoms with Crippen molar-refractivity contribution in [3.63, 3.8) is 0 Å². The number of rotatable bonds is 3. The Bertz CT molecular complexity index is 1210. The van der Waals surface area contributed by atoms with E-state index in [4.69, 9.17) is 34.8 Å². The largest absolute Gasteiger partial charge is 0.295 e. The molecule has 0 bridgehead atoms. The number of aliphatic imine (C=N–C) groups is 1. The summed E-state index contributed by atoms with van der Waals surface area (Å²) < 4.78 is 1.28. The van der Waals surface area contributed by atoms with Crippen molar-refractivity contribution in [3.05, 3.63) is 64.8 Å². The van der Waals surface area contributed by atoms with Gasteiger partial charge in [-0.2, -0.15) is 5.26 Å². The van der Waals surface area contributed by atoms with E-state index in [1.54, 1.807) is 6.92 Å². The summed E-state index contributed by atoms with van der Waals surface area (Å²) in [5.74, 6) is 0. The van der Waals surface area contributed by atoms with Gasteiger partial charge in [0.15, 0.2) is 0 Å². The molecule has 1 aromatic carbocycles. The molecule has 0 radical (unpaired) electrons. The highest BCUT2D eigenvalue weighted by molar-refractivity contribution is 7.16. The van der Waals surface area contributed by atoms with E-state index in [0.717, 1.165) is 24.8 Å². The van der Waals surface area contributed by atoms with E-state index in [2.05, 4.69) is 16.2 Å². The molecule has 1 aliphatic rings. The van der Waals surface area contributed by atoms with Crippen molar-refractivity contribution >= 4 is 57.4 Å². The smallest absolute Gasteiger partial charge is 0.280 e. The first kappa shape index (κ1) is 19.3. The molecule has 1 N–H and O–H groups in total. The normalized spacial score (nSPS) is 13.2. The Kier molecular flexibility index (Phi) is 5.11. The minimum atomic E-state index is -0.338. The maximum Gasteiger partial charge on any atom is 0.280 e. The van der Waals surface area contributed by atoms with Crippen molar-refractivity contribution in [2.24, 2.45) is 4.99 Å². The van der Waals surface area contributed by atoms with Gasteiger partial charge in [-0.15, -0.1) is 11.3 Å². The molecule has 4 rings (SSSR count). The van der Waals surface area contributed by atoms with Crippen molar-refractivity contribution in [1.29, 1.82) is 5.26 Å². The van der Waals surface area contributed by atoms with Crippen LogP contribution in [0.25, 0.3) is 5.69 Å². The molecule has 5 nitrogen and oxygen atoms in total. The fourth-order valence-corrected chi connectivity index (χ4v) is 5.51. The molecule has 0 spiro atoms. The number of aromatic amines is 1. The number of benzene rings is 1. The van der Waals surface area contributed by atoms with Crippen LogP contribution in [0.15, 0.2) is 21.9 Å². The second-order valence-corrected chi connectivity index (χ2v) is 8.75. The van der Waals surface area contributed by atoms with Crippen molar-refractivity contribution in [3.8, 4) is 11.8 Å². The minimum absolute atomic E-state index is 0.255. The summed E-state index contributed by atoms with van der Waals surface area (Å²) in [5.41, 5.74) is 2.69. The zero-order valence-electron chi connectivity index (χ0n) is 14.6. The highest BCUT2D eigenvalue weighted by Gasteiger charge is 2.22. The zero-order valence-corrected chi connectivity index (χ0v) is 17.7. The standard InChI is InChI=1S/C19H13Cl3N4OS/c1-9-13(8-24-18-12(7-23)11-3-2-4-16(11)28-18)19(27)26(25-9)17-14(21)5-10(20)6-15(17)22/h5-6,8,25H,2-4H2,1H3/b24-8+. The molecule has 3 aromatic rings. The first-order chi connectivity index (χ1) is 13.4. The van der Waals surface area contributed by atoms with Crippen LogP contribution in [0.1, 0.15) is 33.7 Å². The first-order valence-corrected chi connectivity index (χ1v) is 10.4. The van der Waals surface area contributed by atoms with Gasteiger partial charge in [0.25, 0.3) is 5.56 Å². The van der Waals surface area contributed by atoms with Crippen LogP contribution in [0.2, 0.25) is 15.1 Å². The summed E-state index contributed by atoms with van der Waals surface area (Å²) in [5, 5.41) is 14.0. The van der Waals surface area contributed by atoms with Gasteiger partial charge in [-0.05, 0) is 43.9 Å². The third-order valence-electron chi connectivity index (χ3n) is 4.65. The maximum absolute atomic E-state index is 12.9. The Morgan fingerprint density at radius 1 is 1.29 bits per heavy atom. The van der Waals surface area contributed by atoms with Crippen molar-refractivity contribution in [1.82, 2.24) is 9.78 Å². The van der Waals surface area contributed by atoms with E-state index in [-0.39, 0.29) is 15.6 Å². The lowest BCUT2D eigenvalue weighted by Gasteiger charge is -2.07. The Morgan fingerprint density at radius 2 is 2.00 bits per heavy atom. The van der Waals surface area contributed by atoms with Gasteiger partial charge in [-0.3, -0.25) is 9.89 Å². The Hall–Kier alpha value is -2.04. The summed E-state index contributed by atoms with van der Waals surface area (Å²) in [6.45, 7) is 1.76. The summed E-state index contributed by atoms with van der Waals surface area (Å²) in [4.78, 5) is 18.6. The van der Waals surface area contributed by atoms with Gasteiger partial charge in [0.1, 0.15) is 16.8 Å². The van der Waals surface area contributed by atoms with Gasteiger partial charge in [0, 0.05) is 21.8 Å². The number of thiophene rings is 1. The number of aryl methyl sites for hydroxylation is 2. The van der Waals surface area contributed by atoms with Crippen LogP contribution in [0.5, 0.6) is 0 Å². The van der Waals surface area contributed by atoms with Gasteiger partial charge < -0.3 is 0 Å². The van der Waals surface area contributed by atoms with Gasteiger partial charge in [-0.25, -0.2) is 9.67 Å². The molecule has 0 fully saturated rings. The second-order valence-electron chi connectivity index (χ2n) is 6.42. The van der Waals surface area contributed by atoms with Crippen LogP contribution in [-0.2, 0) is 12.8 Å². The lowest BCUT2D eigenvalue weighted by Crippen LogP contribution is -2.18. The van der Waals surface area contributed by atoms with E-state index < -0.39 is 0 Å². The molecule has 0 amide bonds. The first-order valence-electron chi connectivity index (χ1n) is 8.46. The van der Waals surface area contributed by atoms with E-state index in [9.17, 15) is 10.1 Å². The summed E-state index contributed by atoms with van der Waals surface area (Å²) >= 11 is 20.0. The number of fused-ring (bicyclic) bond motifs is 1. The molecule has 0 unspecified atom stereocenters. The van der Waals surface area contributed by atoms with Crippen molar-refractivity contribution < 1.29 is 0 Å². The predicted octanol–water partition coefficient (Wildman–Crippen LogP) is 5.61. The third-order valence-corrected chi connectivity index (χ3v) is 6.64. The van der Waals surface area contributed by atoms with Crippen LogP contribution in [0.3, 0.4) is 0 Å². The summed E-state index contributed by atoms with van der Waals surface area (Å²) in [7, 11) is 0. The molecular weight excluding hydrogens is 439 g/mol. The van der Waals surface area contributed by atoms with Gasteiger partial charge in [-0.1, -0.05) is 34.8 Å². The van der Waals surface area contributed by atoms with E-state index in [0.29, 0.717) is 32.5 Å². The van der Waals surface area contributed by atoms with Crippen LogP contribution >= 0.6 is 46.1 Å².